The number of nitrogens with zero attached hydrogens (tertiary/aromatic N) is 1. The minimum absolute atomic E-state index is 0.00802. The molecule has 0 atom stereocenters. The van der Waals surface area contributed by atoms with Crippen LogP contribution in [-0.4, -0.2) is 10.9 Å². The number of carbonyl (C=O) groups excluding carboxylic acids is 1. The Labute approximate surface area is 151 Å². The Morgan fingerprint density at radius 3 is 2.84 bits per heavy atom. The standard InChI is InChI=1S/C21H20N2OS/c1-13-7-8-16(14(2)11-13)12-19(24)22-21-23-20-17-6-4-3-5-15(17)9-10-18(20)25-21/h3-8,11H,9-10,12H2,1-2H3,(H,22,23,24). The average molecular weight is 348 g/mol. The fourth-order valence-corrected chi connectivity index (χ4v) is 4.37. The summed E-state index contributed by atoms with van der Waals surface area (Å²) < 4.78 is 0. The molecule has 0 unspecified atom stereocenters. The van der Waals surface area contributed by atoms with Gasteiger partial charge in [-0.3, -0.25) is 4.79 Å². The summed E-state index contributed by atoms with van der Waals surface area (Å²) >= 11 is 1.60. The number of anilines is 1. The first-order valence-electron chi connectivity index (χ1n) is 8.54. The molecule has 1 heterocycles. The number of hydrogen-bond acceptors (Lipinski definition) is 3. The molecule has 0 saturated carbocycles. The van der Waals surface area contributed by atoms with Gasteiger partial charge >= 0.3 is 0 Å². The van der Waals surface area contributed by atoms with Crippen molar-refractivity contribution in [2.45, 2.75) is 33.1 Å². The van der Waals surface area contributed by atoms with Gasteiger partial charge < -0.3 is 5.32 Å². The van der Waals surface area contributed by atoms with E-state index in [4.69, 9.17) is 4.98 Å². The molecule has 3 nitrogen and oxygen atoms in total. The Bertz CT molecular complexity index is 958. The normalized spacial score (nSPS) is 12.4. The lowest BCUT2D eigenvalue weighted by Gasteiger charge is -2.13. The quantitative estimate of drug-likeness (QED) is 0.745. The minimum Gasteiger partial charge on any atom is -0.302 e. The van der Waals surface area contributed by atoms with E-state index in [1.54, 1.807) is 11.3 Å². The van der Waals surface area contributed by atoms with E-state index >= 15 is 0 Å². The number of thiazole rings is 1. The Morgan fingerprint density at radius 2 is 2.00 bits per heavy atom. The van der Waals surface area contributed by atoms with Crippen LogP contribution in [0.15, 0.2) is 42.5 Å². The summed E-state index contributed by atoms with van der Waals surface area (Å²) in [5.74, 6) is -0.00802. The predicted molar refractivity (Wildman–Crippen MR) is 103 cm³/mol. The lowest BCUT2D eigenvalue weighted by molar-refractivity contribution is -0.115. The number of amides is 1. The van der Waals surface area contributed by atoms with E-state index in [0.717, 1.165) is 29.7 Å². The first-order chi connectivity index (χ1) is 12.1. The second kappa shape index (κ2) is 6.45. The third kappa shape index (κ3) is 3.22. The molecule has 1 aromatic heterocycles. The van der Waals surface area contributed by atoms with E-state index in [1.165, 1.54) is 21.6 Å². The van der Waals surface area contributed by atoms with Crippen molar-refractivity contribution in [3.05, 3.63) is 69.6 Å². The second-order valence-electron chi connectivity index (χ2n) is 6.60. The van der Waals surface area contributed by atoms with Gasteiger partial charge in [-0.2, -0.15) is 0 Å². The van der Waals surface area contributed by atoms with Crippen molar-refractivity contribution in [2.24, 2.45) is 0 Å². The van der Waals surface area contributed by atoms with Crippen molar-refractivity contribution < 1.29 is 4.79 Å². The highest BCUT2D eigenvalue weighted by molar-refractivity contribution is 7.16. The number of aryl methyl sites for hydroxylation is 4. The van der Waals surface area contributed by atoms with Crippen molar-refractivity contribution in [1.29, 1.82) is 0 Å². The first-order valence-corrected chi connectivity index (χ1v) is 9.36. The molecule has 0 spiro atoms. The molecular weight excluding hydrogens is 328 g/mol. The van der Waals surface area contributed by atoms with Crippen molar-refractivity contribution in [2.75, 3.05) is 5.32 Å². The molecule has 1 N–H and O–H groups in total. The molecule has 4 heteroatoms. The fourth-order valence-electron chi connectivity index (χ4n) is 3.38. The van der Waals surface area contributed by atoms with E-state index in [2.05, 4.69) is 49.5 Å². The van der Waals surface area contributed by atoms with Gasteiger partial charge in [0, 0.05) is 10.4 Å². The summed E-state index contributed by atoms with van der Waals surface area (Å²) in [7, 11) is 0. The topological polar surface area (TPSA) is 42.0 Å². The SMILES string of the molecule is Cc1ccc(CC(=O)Nc2nc3c(s2)CCc2ccccc2-3)c(C)c1. The van der Waals surface area contributed by atoms with Gasteiger partial charge in [0.15, 0.2) is 5.13 Å². The molecule has 0 saturated heterocycles. The van der Waals surface area contributed by atoms with Gasteiger partial charge in [0.2, 0.25) is 5.91 Å². The van der Waals surface area contributed by atoms with Crippen molar-refractivity contribution in [3.8, 4) is 11.3 Å². The second-order valence-corrected chi connectivity index (χ2v) is 7.69. The van der Waals surface area contributed by atoms with Crippen molar-refractivity contribution in [3.63, 3.8) is 0 Å². The van der Waals surface area contributed by atoms with Crippen LogP contribution in [0.4, 0.5) is 5.13 Å². The Kier molecular flexibility index (Phi) is 4.14. The molecule has 126 valence electrons. The molecule has 0 bridgehead atoms. The molecular formula is C21H20N2OS. The van der Waals surface area contributed by atoms with Crippen LogP contribution in [0.3, 0.4) is 0 Å². The summed E-state index contributed by atoms with van der Waals surface area (Å²) in [5, 5.41) is 3.69. The number of fused-ring (bicyclic) bond motifs is 3. The third-order valence-electron chi connectivity index (χ3n) is 4.69. The molecule has 0 radical (unpaired) electrons. The van der Waals surface area contributed by atoms with Crippen molar-refractivity contribution >= 4 is 22.4 Å². The van der Waals surface area contributed by atoms with E-state index in [0.29, 0.717) is 11.6 Å². The monoisotopic (exact) mass is 348 g/mol. The first kappa shape index (κ1) is 16.0. The van der Waals surface area contributed by atoms with E-state index in [1.807, 2.05) is 12.1 Å². The predicted octanol–water partition coefficient (Wildman–Crippen LogP) is 4.71. The van der Waals surface area contributed by atoms with E-state index < -0.39 is 0 Å². The zero-order valence-electron chi connectivity index (χ0n) is 14.4. The van der Waals surface area contributed by atoms with Gasteiger partial charge in [0.25, 0.3) is 0 Å². The summed E-state index contributed by atoms with van der Waals surface area (Å²) in [6.45, 7) is 4.11. The van der Waals surface area contributed by atoms with Gasteiger partial charge in [-0.05, 0) is 43.4 Å². The number of aromatic nitrogens is 1. The molecule has 1 aliphatic rings. The highest BCUT2D eigenvalue weighted by Crippen LogP contribution is 2.37. The lowest BCUT2D eigenvalue weighted by atomic mass is 9.94. The van der Waals surface area contributed by atoms with Crippen LogP contribution in [0.5, 0.6) is 0 Å². The van der Waals surface area contributed by atoms with E-state index in [-0.39, 0.29) is 5.91 Å². The van der Waals surface area contributed by atoms with Gasteiger partial charge in [0.05, 0.1) is 12.1 Å². The molecule has 1 amide bonds. The summed E-state index contributed by atoms with van der Waals surface area (Å²) in [5.41, 5.74) is 7.02. The third-order valence-corrected chi connectivity index (χ3v) is 5.72. The van der Waals surface area contributed by atoms with Gasteiger partial charge in [0.1, 0.15) is 0 Å². The Hall–Kier alpha value is -2.46. The van der Waals surface area contributed by atoms with Gasteiger partial charge in [-0.1, -0.05) is 48.0 Å². The zero-order valence-corrected chi connectivity index (χ0v) is 15.2. The fraction of sp³-hybridized carbons (Fsp3) is 0.238. The highest BCUT2D eigenvalue weighted by Gasteiger charge is 2.21. The number of nitrogens with one attached hydrogen (secondary N) is 1. The zero-order chi connectivity index (χ0) is 17.4. The maximum Gasteiger partial charge on any atom is 0.230 e. The number of benzene rings is 2. The molecule has 1 aliphatic carbocycles. The Morgan fingerprint density at radius 1 is 1.16 bits per heavy atom. The number of carbonyl (C=O) groups is 1. The van der Waals surface area contributed by atoms with Crippen LogP contribution in [0, 0.1) is 13.8 Å². The van der Waals surface area contributed by atoms with Gasteiger partial charge in [-0.25, -0.2) is 4.98 Å². The maximum atomic E-state index is 12.4. The largest absolute Gasteiger partial charge is 0.302 e. The number of hydrogen-bond donors (Lipinski definition) is 1. The van der Waals surface area contributed by atoms with Crippen LogP contribution < -0.4 is 5.32 Å². The molecule has 2 aromatic carbocycles. The summed E-state index contributed by atoms with van der Waals surface area (Å²) in [4.78, 5) is 18.4. The smallest absolute Gasteiger partial charge is 0.230 e. The molecule has 25 heavy (non-hydrogen) atoms. The molecule has 0 aliphatic heterocycles. The van der Waals surface area contributed by atoms with Gasteiger partial charge in [-0.15, -0.1) is 11.3 Å². The average Bonchev–Trinajstić information content (AvgIpc) is 3.00. The van der Waals surface area contributed by atoms with Crippen molar-refractivity contribution in [1.82, 2.24) is 4.98 Å². The highest BCUT2D eigenvalue weighted by atomic mass is 32.1. The van der Waals surface area contributed by atoms with Crippen LogP contribution in [0.2, 0.25) is 0 Å². The van der Waals surface area contributed by atoms with Crippen LogP contribution in [0.25, 0.3) is 11.3 Å². The van der Waals surface area contributed by atoms with E-state index in [9.17, 15) is 4.79 Å². The molecule has 4 rings (SSSR count). The Balaban J connectivity index is 1.53. The van der Waals surface area contributed by atoms with Crippen LogP contribution in [0.1, 0.15) is 27.1 Å². The maximum absolute atomic E-state index is 12.4. The number of rotatable bonds is 3. The minimum atomic E-state index is -0.00802. The molecule has 3 aromatic rings. The summed E-state index contributed by atoms with van der Waals surface area (Å²) in [6.07, 6.45) is 2.42. The molecule has 0 fully saturated rings. The summed E-state index contributed by atoms with van der Waals surface area (Å²) in [6, 6.07) is 14.6. The van der Waals surface area contributed by atoms with Crippen LogP contribution in [-0.2, 0) is 24.1 Å². The lowest BCUT2D eigenvalue weighted by Crippen LogP contribution is -2.14. The van der Waals surface area contributed by atoms with Crippen LogP contribution >= 0.6 is 11.3 Å².